The number of nitrogens with one attached hydrogen (secondary N) is 1. The smallest absolute Gasteiger partial charge is 0.161 e. The topological polar surface area (TPSA) is 33.7 Å². The second-order valence-corrected chi connectivity index (χ2v) is 6.04. The monoisotopic (exact) mass is 290 g/mol. The van der Waals surface area contributed by atoms with Crippen molar-refractivity contribution >= 4 is 0 Å². The van der Waals surface area contributed by atoms with Crippen LogP contribution >= 0.6 is 0 Å². The first-order chi connectivity index (χ1) is 10.3. The van der Waals surface area contributed by atoms with Gasteiger partial charge in [0, 0.05) is 32.2 Å². The number of piperazine rings is 1. The molecular formula is C17H26N2O2. The largest absolute Gasteiger partial charge is 0.493 e. The van der Waals surface area contributed by atoms with E-state index in [-0.39, 0.29) is 0 Å². The molecule has 1 aliphatic carbocycles. The van der Waals surface area contributed by atoms with Crippen molar-refractivity contribution in [2.24, 2.45) is 5.92 Å². The van der Waals surface area contributed by atoms with Crippen LogP contribution in [0.4, 0.5) is 0 Å². The van der Waals surface area contributed by atoms with Crippen molar-refractivity contribution in [1.29, 1.82) is 0 Å². The van der Waals surface area contributed by atoms with Gasteiger partial charge >= 0.3 is 0 Å². The Hall–Kier alpha value is -1.26. The van der Waals surface area contributed by atoms with Crippen LogP contribution in [0.2, 0.25) is 0 Å². The van der Waals surface area contributed by atoms with Gasteiger partial charge in [0.05, 0.1) is 14.2 Å². The van der Waals surface area contributed by atoms with Crippen LogP contribution in [0.1, 0.15) is 30.9 Å². The summed E-state index contributed by atoms with van der Waals surface area (Å²) in [6.07, 6.45) is 4.08. The SMILES string of the molecule is COc1ccc([C@@H](C2CCC2)N2CCNCC2)cc1OC. The zero-order valence-corrected chi connectivity index (χ0v) is 13.1. The Morgan fingerprint density at radius 1 is 1.10 bits per heavy atom. The van der Waals surface area contributed by atoms with E-state index in [0.29, 0.717) is 6.04 Å². The summed E-state index contributed by atoms with van der Waals surface area (Å²) in [5.74, 6) is 2.45. The lowest BCUT2D eigenvalue weighted by molar-refractivity contribution is 0.0835. The molecule has 1 N–H and O–H groups in total. The molecule has 1 aliphatic heterocycles. The molecule has 2 aliphatic rings. The third-order valence-corrected chi connectivity index (χ3v) is 4.89. The normalized spacial score (nSPS) is 21.6. The standard InChI is InChI=1S/C17H26N2O2/c1-20-15-7-6-14(12-16(15)21-2)17(13-4-3-5-13)19-10-8-18-9-11-19/h6-7,12-13,17-18H,3-5,8-11H2,1-2H3/t17-/m1/s1. The minimum absolute atomic E-state index is 0.528. The maximum atomic E-state index is 5.49. The first kappa shape index (κ1) is 14.7. The Balaban J connectivity index is 1.88. The van der Waals surface area contributed by atoms with E-state index in [1.54, 1.807) is 14.2 Å². The first-order valence-corrected chi connectivity index (χ1v) is 8.00. The van der Waals surface area contributed by atoms with Gasteiger partial charge in [0.15, 0.2) is 11.5 Å². The third-order valence-electron chi connectivity index (χ3n) is 4.89. The highest BCUT2D eigenvalue weighted by Crippen LogP contribution is 2.43. The minimum atomic E-state index is 0.528. The lowest BCUT2D eigenvalue weighted by Gasteiger charge is -2.43. The summed E-state index contributed by atoms with van der Waals surface area (Å²) >= 11 is 0. The zero-order chi connectivity index (χ0) is 14.7. The van der Waals surface area contributed by atoms with Gasteiger partial charge in [0.2, 0.25) is 0 Å². The maximum Gasteiger partial charge on any atom is 0.161 e. The van der Waals surface area contributed by atoms with Gasteiger partial charge in [-0.05, 0) is 36.5 Å². The maximum absolute atomic E-state index is 5.49. The summed E-state index contributed by atoms with van der Waals surface area (Å²) < 4.78 is 10.9. The van der Waals surface area contributed by atoms with Crippen molar-refractivity contribution in [2.45, 2.75) is 25.3 Å². The summed E-state index contributed by atoms with van der Waals surface area (Å²) in [6.45, 7) is 4.46. The lowest BCUT2D eigenvalue weighted by Crippen LogP contribution is -2.47. The molecule has 0 bridgehead atoms. The van der Waals surface area contributed by atoms with Gasteiger partial charge in [-0.25, -0.2) is 0 Å². The minimum Gasteiger partial charge on any atom is -0.493 e. The Kier molecular flexibility index (Phi) is 4.66. The molecule has 4 nitrogen and oxygen atoms in total. The Morgan fingerprint density at radius 2 is 1.81 bits per heavy atom. The van der Waals surface area contributed by atoms with Gasteiger partial charge in [-0.15, -0.1) is 0 Å². The number of rotatable bonds is 5. The van der Waals surface area contributed by atoms with Crippen molar-refractivity contribution < 1.29 is 9.47 Å². The highest BCUT2D eigenvalue weighted by molar-refractivity contribution is 5.44. The molecular weight excluding hydrogens is 264 g/mol. The molecule has 3 rings (SSSR count). The molecule has 2 fully saturated rings. The Morgan fingerprint density at radius 3 is 2.38 bits per heavy atom. The third kappa shape index (κ3) is 3.01. The highest BCUT2D eigenvalue weighted by Gasteiger charge is 2.33. The fourth-order valence-electron chi connectivity index (χ4n) is 3.53. The van der Waals surface area contributed by atoms with E-state index < -0.39 is 0 Å². The molecule has 4 heteroatoms. The van der Waals surface area contributed by atoms with Crippen LogP contribution in [-0.2, 0) is 0 Å². The summed E-state index contributed by atoms with van der Waals surface area (Å²) in [5.41, 5.74) is 1.37. The Labute approximate surface area is 127 Å². The van der Waals surface area contributed by atoms with Crippen LogP contribution in [0.3, 0.4) is 0 Å². The van der Waals surface area contributed by atoms with Crippen LogP contribution in [-0.4, -0.2) is 45.3 Å². The second kappa shape index (κ2) is 6.67. The number of methoxy groups -OCH3 is 2. The molecule has 1 aromatic carbocycles. The van der Waals surface area contributed by atoms with E-state index in [4.69, 9.17) is 9.47 Å². The summed E-state index contributed by atoms with van der Waals surface area (Å²) in [4.78, 5) is 2.64. The molecule has 1 heterocycles. The average molecular weight is 290 g/mol. The molecule has 1 atom stereocenters. The van der Waals surface area contributed by atoms with Crippen LogP contribution < -0.4 is 14.8 Å². The predicted molar refractivity (Wildman–Crippen MR) is 84.1 cm³/mol. The molecule has 21 heavy (non-hydrogen) atoms. The van der Waals surface area contributed by atoms with E-state index in [0.717, 1.165) is 43.6 Å². The van der Waals surface area contributed by atoms with E-state index in [9.17, 15) is 0 Å². The highest BCUT2D eigenvalue weighted by atomic mass is 16.5. The summed E-state index contributed by atoms with van der Waals surface area (Å²) in [5, 5.41) is 3.45. The molecule has 116 valence electrons. The van der Waals surface area contributed by atoms with E-state index in [1.807, 2.05) is 6.07 Å². The molecule has 1 aromatic rings. The number of hydrogen-bond acceptors (Lipinski definition) is 4. The quantitative estimate of drug-likeness (QED) is 0.903. The van der Waals surface area contributed by atoms with E-state index >= 15 is 0 Å². The van der Waals surface area contributed by atoms with Gasteiger partial charge in [-0.2, -0.15) is 0 Å². The van der Waals surface area contributed by atoms with Crippen molar-refractivity contribution in [3.05, 3.63) is 23.8 Å². The van der Waals surface area contributed by atoms with Gasteiger partial charge in [-0.3, -0.25) is 4.90 Å². The Bertz CT molecular complexity index is 468. The molecule has 0 radical (unpaired) electrons. The first-order valence-electron chi connectivity index (χ1n) is 8.00. The van der Waals surface area contributed by atoms with Gasteiger partial charge < -0.3 is 14.8 Å². The van der Waals surface area contributed by atoms with E-state index in [2.05, 4.69) is 22.3 Å². The van der Waals surface area contributed by atoms with Gasteiger partial charge in [0.25, 0.3) is 0 Å². The van der Waals surface area contributed by atoms with Gasteiger partial charge in [0.1, 0.15) is 0 Å². The van der Waals surface area contributed by atoms with Crippen molar-refractivity contribution in [3.8, 4) is 11.5 Å². The summed E-state index contributed by atoms with van der Waals surface area (Å²) in [6, 6.07) is 6.96. The van der Waals surface area contributed by atoms with Crippen molar-refractivity contribution in [3.63, 3.8) is 0 Å². The van der Waals surface area contributed by atoms with Crippen LogP contribution in [0.5, 0.6) is 11.5 Å². The fraction of sp³-hybridized carbons (Fsp3) is 0.647. The second-order valence-electron chi connectivity index (χ2n) is 6.04. The zero-order valence-electron chi connectivity index (χ0n) is 13.1. The molecule has 0 unspecified atom stereocenters. The summed E-state index contributed by atoms with van der Waals surface area (Å²) in [7, 11) is 3.40. The van der Waals surface area contributed by atoms with Crippen LogP contribution in [0.25, 0.3) is 0 Å². The number of hydrogen-bond donors (Lipinski definition) is 1. The predicted octanol–water partition coefficient (Wildman–Crippen LogP) is 2.45. The molecule has 1 saturated heterocycles. The van der Waals surface area contributed by atoms with Crippen LogP contribution in [0.15, 0.2) is 18.2 Å². The number of benzene rings is 1. The lowest BCUT2D eigenvalue weighted by atomic mass is 9.76. The molecule has 0 amide bonds. The number of ether oxygens (including phenoxy) is 2. The number of nitrogens with zero attached hydrogens (tertiary/aromatic N) is 1. The molecule has 0 spiro atoms. The van der Waals surface area contributed by atoms with E-state index in [1.165, 1.54) is 24.8 Å². The average Bonchev–Trinajstić information content (AvgIpc) is 2.51. The van der Waals surface area contributed by atoms with Crippen molar-refractivity contribution in [1.82, 2.24) is 10.2 Å². The molecule has 0 aromatic heterocycles. The molecule has 1 saturated carbocycles. The van der Waals surface area contributed by atoms with Crippen molar-refractivity contribution in [2.75, 3.05) is 40.4 Å². The van der Waals surface area contributed by atoms with Gasteiger partial charge in [-0.1, -0.05) is 12.5 Å². The van der Waals surface area contributed by atoms with Crippen LogP contribution in [0, 0.1) is 5.92 Å². The fourth-order valence-corrected chi connectivity index (χ4v) is 3.53.